The molecule has 3 heteroatoms. The highest BCUT2D eigenvalue weighted by atomic mass is 16.5. The number of ether oxygens (including phenoxy) is 1. The van der Waals surface area contributed by atoms with Crippen LogP contribution in [-0.4, -0.2) is 49.3 Å². The molecule has 0 spiro atoms. The van der Waals surface area contributed by atoms with E-state index in [-0.39, 0.29) is 5.60 Å². The van der Waals surface area contributed by atoms with Gasteiger partial charge in [0.2, 0.25) is 0 Å². The third kappa shape index (κ3) is 4.73. The first-order valence-corrected chi connectivity index (χ1v) is 8.19. The van der Waals surface area contributed by atoms with Gasteiger partial charge in [-0.2, -0.15) is 0 Å². The molecule has 2 aliphatic heterocycles. The van der Waals surface area contributed by atoms with Crippen molar-refractivity contribution in [1.29, 1.82) is 0 Å². The van der Waals surface area contributed by atoms with Crippen molar-refractivity contribution in [2.75, 3.05) is 32.8 Å². The lowest BCUT2D eigenvalue weighted by atomic mass is 9.90. The van der Waals surface area contributed by atoms with E-state index in [0.717, 1.165) is 18.6 Å². The summed E-state index contributed by atoms with van der Waals surface area (Å²) in [6.07, 6.45) is 6.38. The first kappa shape index (κ1) is 15.3. The van der Waals surface area contributed by atoms with Gasteiger partial charge in [-0.25, -0.2) is 0 Å². The zero-order chi connectivity index (χ0) is 13.7. The van der Waals surface area contributed by atoms with Gasteiger partial charge in [-0.05, 0) is 71.5 Å². The summed E-state index contributed by atoms with van der Waals surface area (Å²) >= 11 is 0. The Balaban J connectivity index is 1.90. The highest BCUT2D eigenvalue weighted by Gasteiger charge is 2.32. The van der Waals surface area contributed by atoms with Crippen molar-refractivity contribution in [2.45, 2.75) is 64.5 Å². The highest BCUT2D eigenvalue weighted by Crippen LogP contribution is 2.28. The number of nitrogens with one attached hydrogen (secondary N) is 1. The molecule has 0 aromatic carbocycles. The van der Waals surface area contributed by atoms with E-state index in [1.165, 1.54) is 58.3 Å². The van der Waals surface area contributed by atoms with E-state index in [4.69, 9.17) is 4.74 Å². The van der Waals surface area contributed by atoms with Crippen LogP contribution in [0.25, 0.3) is 0 Å². The van der Waals surface area contributed by atoms with Crippen molar-refractivity contribution in [3.8, 4) is 0 Å². The van der Waals surface area contributed by atoms with Crippen LogP contribution < -0.4 is 5.32 Å². The lowest BCUT2D eigenvalue weighted by molar-refractivity contribution is -0.0853. The summed E-state index contributed by atoms with van der Waals surface area (Å²) in [5, 5.41) is 3.47. The predicted octanol–water partition coefficient (Wildman–Crippen LogP) is 2.66. The average molecular weight is 268 g/mol. The van der Waals surface area contributed by atoms with Crippen LogP contribution in [0.3, 0.4) is 0 Å². The molecule has 0 aromatic rings. The minimum atomic E-state index is 0.0724. The fraction of sp³-hybridized carbons (Fsp3) is 1.00. The van der Waals surface area contributed by atoms with E-state index in [9.17, 15) is 0 Å². The van der Waals surface area contributed by atoms with Crippen LogP contribution in [0.1, 0.15) is 52.9 Å². The molecule has 2 fully saturated rings. The van der Waals surface area contributed by atoms with Crippen LogP contribution in [0.15, 0.2) is 0 Å². The monoisotopic (exact) mass is 268 g/mol. The number of nitrogens with zero attached hydrogens (tertiary/aromatic N) is 1. The Morgan fingerprint density at radius 2 is 1.95 bits per heavy atom. The third-order valence-electron chi connectivity index (χ3n) is 4.65. The Labute approximate surface area is 119 Å². The van der Waals surface area contributed by atoms with Gasteiger partial charge >= 0.3 is 0 Å². The van der Waals surface area contributed by atoms with E-state index in [1.807, 2.05) is 0 Å². The number of rotatable bonds is 5. The average Bonchev–Trinajstić information content (AvgIpc) is 2.38. The Bertz CT molecular complexity index is 261. The van der Waals surface area contributed by atoms with Crippen LogP contribution >= 0.6 is 0 Å². The molecular weight excluding hydrogens is 236 g/mol. The molecule has 2 rings (SSSR count). The van der Waals surface area contributed by atoms with Crippen LogP contribution in [0.5, 0.6) is 0 Å². The van der Waals surface area contributed by atoms with Crippen LogP contribution in [0, 0.1) is 5.92 Å². The fourth-order valence-electron chi connectivity index (χ4n) is 3.62. The van der Waals surface area contributed by atoms with Gasteiger partial charge in [-0.1, -0.05) is 6.92 Å². The molecule has 1 unspecified atom stereocenters. The van der Waals surface area contributed by atoms with Crippen molar-refractivity contribution < 1.29 is 4.74 Å². The lowest BCUT2D eigenvalue weighted by Crippen LogP contribution is -2.48. The maximum atomic E-state index is 5.88. The summed E-state index contributed by atoms with van der Waals surface area (Å²) < 4.78 is 5.88. The number of piperidine rings is 1. The van der Waals surface area contributed by atoms with E-state index < -0.39 is 0 Å². The van der Waals surface area contributed by atoms with Gasteiger partial charge in [-0.15, -0.1) is 0 Å². The van der Waals surface area contributed by atoms with Gasteiger partial charge in [0, 0.05) is 19.2 Å². The summed E-state index contributed by atoms with van der Waals surface area (Å²) in [6, 6.07) is 0.735. The Hall–Kier alpha value is -0.120. The van der Waals surface area contributed by atoms with Crippen LogP contribution in [-0.2, 0) is 4.74 Å². The quantitative estimate of drug-likeness (QED) is 0.829. The van der Waals surface area contributed by atoms with Crippen LogP contribution in [0.2, 0.25) is 0 Å². The van der Waals surface area contributed by atoms with E-state index in [2.05, 4.69) is 31.0 Å². The molecule has 2 heterocycles. The minimum Gasteiger partial charge on any atom is -0.375 e. The van der Waals surface area contributed by atoms with Gasteiger partial charge in [0.1, 0.15) is 0 Å². The van der Waals surface area contributed by atoms with Crippen molar-refractivity contribution in [3.63, 3.8) is 0 Å². The van der Waals surface area contributed by atoms with Gasteiger partial charge in [-0.3, -0.25) is 4.90 Å². The predicted molar refractivity (Wildman–Crippen MR) is 80.5 cm³/mol. The van der Waals surface area contributed by atoms with Crippen molar-refractivity contribution >= 4 is 0 Å². The molecule has 1 N–H and O–H groups in total. The van der Waals surface area contributed by atoms with E-state index >= 15 is 0 Å². The summed E-state index contributed by atoms with van der Waals surface area (Å²) in [5.74, 6) is 0.902. The second-order valence-corrected chi connectivity index (χ2v) is 6.94. The van der Waals surface area contributed by atoms with E-state index in [1.54, 1.807) is 0 Å². The molecule has 0 radical (unpaired) electrons. The zero-order valence-corrected chi connectivity index (χ0v) is 13.1. The highest BCUT2D eigenvalue weighted by molar-refractivity contribution is 4.86. The third-order valence-corrected chi connectivity index (χ3v) is 4.65. The standard InChI is InChI=1S/C16H32N2O/c1-4-10-18(13-14-5-8-17-9-6-14)15-7-11-19-16(2,3)12-15/h14-15,17H,4-13H2,1-3H3. The first-order chi connectivity index (χ1) is 9.11. The maximum absolute atomic E-state index is 5.88. The molecule has 3 nitrogen and oxygen atoms in total. The summed E-state index contributed by atoms with van der Waals surface area (Å²) in [7, 11) is 0. The molecule has 0 aromatic heterocycles. The second-order valence-electron chi connectivity index (χ2n) is 6.94. The molecule has 19 heavy (non-hydrogen) atoms. The summed E-state index contributed by atoms with van der Waals surface area (Å²) in [5.41, 5.74) is 0.0724. The molecule has 2 saturated heterocycles. The molecule has 0 saturated carbocycles. The Morgan fingerprint density at radius 3 is 2.58 bits per heavy atom. The molecule has 1 atom stereocenters. The van der Waals surface area contributed by atoms with E-state index in [0.29, 0.717) is 0 Å². The molecule has 0 amide bonds. The normalized spacial score (nSPS) is 28.7. The van der Waals surface area contributed by atoms with Gasteiger partial charge in [0.25, 0.3) is 0 Å². The van der Waals surface area contributed by atoms with Gasteiger partial charge in [0.05, 0.1) is 5.60 Å². The fourth-order valence-corrected chi connectivity index (χ4v) is 3.62. The lowest BCUT2D eigenvalue weighted by Gasteiger charge is -2.42. The maximum Gasteiger partial charge on any atom is 0.0641 e. The summed E-state index contributed by atoms with van der Waals surface area (Å²) in [6.45, 7) is 12.7. The SMILES string of the molecule is CCCN(CC1CCNCC1)C1CCOC(C)(C)C1. The second kappa shape index (κ2) is 7.05. The zero-order valence-electron chi connectivity index (χ0n) is 13.1. The van der Waals surface area contributed by atoms with Gasteiger partial charge in [0.15, 0.2) is 0 Å². The molecule has 0 aliphatic carbocycles. The molecule has 2 aliphatic rings. The molecule has 112 valence electrons. The molecule has 0 bridgehead atoms. The van der Waals surface area contributed by atoms with Crippen molar-refractivity contribution in [2.24, 2.45) is 5.92 Å². The number of hydrogen-bond donors (Lipinski definition) is 1. The van der Waals surface area contributed by atoms with Crippen LogP contribution in [0.4, 0.5) is 0 Å². The Kier molecular flexibility index (Phi) is 5.67. The van der Waals surface area contributed by atoms with Crippen molar-refractivity contribution in [3.05, 3.63) is 0 Å². The topological polar surface area (TPSA) is 24.5 Å². The minimum absolute atomic E-state index is 0.0724. The van der Waals surface area contributed by atoms with Gasteiger partial charge < -0.3 is 10.1 Å². The Morgan fingerprint density at radius 1 is 1.21 bits per heavy atom. The first-order valence-electron chi connectivity index (χ1n) is 8.19. The molecular formula is C16H32N2O. The summed E-state index contributed by atoms with van der Waals surface area (Å²) in [4.78, 5) is 2.76. The van der Waals surface area contributed by atoms with Crippen molar-refractivity contribution in [1.82, 2.24) is 10.2 Å². The number of hydrogen-bond acceptors (Lipinski definition) is 3. The smallest absolute Gasteiger partial charge is 0.0641 e. The largest absolute Gasteiger partial charge is 0.375 e.